The predicted molar refractivity (Wildman–Crippen MR) is 54.2 cm³/mol. The van der Waals surface area contributed by atoms with E-state index in [1.54, 1.807) is 0 Å². The Kier molecular flexibility index (Phi) is 2.82. The minimum atomic E-state index is -0.162. The van der Waals surface area contributed by atoms with Gasteiger partial charge < -0.3 is 0 Å². The molecule has 0 spiro atoms. The summed E-state index contributed by atoms with van der Waals surface area (Å²) in [5.74, 6) is 0.389. The molecule has 1 saturated heterocycles. The summed E-state index contributed by atoms with van der Waals surface area (Å²) < 4.78 is 12.7. The minimum absolute atomic E-state index is 0.162. The first-order valence-corrected chi connectivity index (χ1v) is 5.01. The number of benzene rings is 1. The summed E-state index contributed by atoms with van der Waals surface area (Å²) >= 11 is 0. The lowest BCUT2D eigenvalue weighted by Crippen LogP contribution is -2.27. The van der Waals surface area contributed by atoms with Crippen LogP contribution in [0.1, 0.15) is 24.3 Å². The highest BCUT2D eigenvalue weighted by molar-refractivity contribution is 5.20. The second kappa shape index (κ2) is 4.09. The van der Waals surface area contributed by atoms with Crippen molar-refractivity contribution in [1.82, 2.24) is 4.90 Å². The van der Waals surface area contributed by atoms with E-state index < -0.39 is 0 Å². The van der Waals surface area contributed by atoms with Gasteiger partial charge in [0.05, 0.1) is 0 Å². The lowest BCUT2D eigenvalue weighted by atomic mass is 9.90. The largest absolute Gasteiger partial charge is 0.297 e. The molecule has 0 aliphatic carbocycles. The van der Waals surface area contributed by atoms with Crippen molar-refractivity contribution < 1.29 is 4.39 Å². The number of halogens is 1. The molecule has 14 heavy (non-hydrogen) atoms. The van der Waals surface area contributed by atoms with Crippen molar-refractivity contribution in [1.29, 1.82) is 0 Å². The second-order valence-electron chi connectivity index (χ2n) is 3.86. The molecule has 2 heteroatoms. The number of piperidine rings is 1. The molecule has 0 amide bonds. The summed E-state index contributed by atoms with van der Waals surface area (Å²) in [6.45, 7) is 1.87. The Morgan fingerprint density at radius 2 is 1.71 bits per heavy atom. The van der Waals surface area contributed by atoms with Crippen LogP contribution in [-0.4, -0.2) is 18.0 Å². The van der Waals surface area contributed by atoms with Crippen LogP contribution < -0.4 is 0 Å². The fraction of sp³-hybridized carbons (Fsp3) is 0.417. The molecule has 0 aromatic heterocycles. The van der Waals surface area contributed by atoms with Gasteiger partial charge in [-0.15, -0.1) is 0 Å². The molecule has 1 heterocycles. The van der Waals surface area contributed by atoms with Crippen LogP contribution in [0.15, 0.2) is 24.3 Å². The molecule has 0 bridgehead atoms. The Morgan fingerprint density at radius 1 is 1.14 bits per heavy atom. The van der Waals surface area contributed by atoms with Gasteiger partial charge in [-0.2, -0.15) is 0 Å². The molecule has 0 atom stereocenters. The van der Waals surface area contributed by atoms with Crippen molar-refractivity contribution >= 4 is 0 Å². The standard InChI is InChI=1S/C12H14FN/c1-14-8-6-11(7-9-14)10-2-4-12(13)5-3-10/h1-5,11H,6-9H2. The molecule has 1 aromatic rings. The Labute approximate surface area is 84.5 Å². The summed E-state index contributed by atoms with van der Waals surface area (Å²) in [6, 6.07) is 6.83. The Morgan fingerprint density at radius 3 is 2.29 bits per heavy atom. The van der Waals surface area contributed by atoms with E-state index in [0.717, 1.165) is 25.9 Å². The van der Waals surface area contributed by atoms with Gasteiger partial charge in [-0.3, -0.25) is 4.90 Å². The summed E-state index contributed by atoms with van der Waals surface area (Å²) in [4.78, 5) is 1.85. The van der Waals surface area contributed by atoms with E-state index in [0.29, 0.717) is 5.92 Å². The normalized spacial score (nSPS) is 19.9. The van der Waals surface area contributed by atoms with Gasteiger partial charge >= 0.3 is 0 Å². The predicted octanol–water partition coefficient (Wildman–Crippen LogP) is 2.67. The molecule has 0 saturated carbocycles. The number of likely N-dealkylation sites (tertiary alicyclic amines) is 1. The first-order valence-electron chi connectivity index (χ1n) is 5.01. The Hall–Kier alpha value is -0.890. The third-order valence-electron chi connectivity index (χ3n) is 2.87. The zero-order valence-electron chi connectivity index (χ0n) is 8.12. The van der Waals surface area contributed by atoms with Crippen LogP contribution in [0, 0.1) is 12.9 Å². The average molecular weight is 191 g/mol. The lowest BCUT2D eigenvalue weighted by Gasteiger charge is -2.28. The van der Waals surface area contributed by atoms with Gasteiger partial charge in [0.15, 0.2) is 0 Å². The van der Waals surface area contributed by atoms with Gasteiger partial charge in [-0.25, -0.2) is 4.39 Å². The van der Waals surface area contributed by atoms with E-state index in [-0.39, 0.29) is 5.82 Å². The van der Waals surface area contributed by atoms with Crippen LogP contribution in [0.2, 0.25) is 0 Å². The van der Waals surface area contributed by atoms with Gasteiger partial charge in [0.1, 0.15) is 5.82 Å². The molecule has 1 aliphatic heterocycles. The van der Waals surface area contributed by atoms with Crippen molar-refractivity contribution in [3.05, 3.63) is 42.7 Å². The van der Waals surface area contributed by atoms with Crippen LogP contribution in [-0.2, 0) is 0 Å². The Bertz CT molecular complexity index is 286. The molecular formula is C12H14FN. The van der Waals surface area contributed by atoms with Crippen LogP contribution in [0.25, 0.3) is 0 Å². The number of nitrogens with zero attached hydrogens (tertiary/aromatic N) is 1. The number of hydrogen-bond acceptors (Lipinski definition) is 1. The van der Waals surface area contributed by atoms with E-state index in [1.165, 1.54) is 17.7 Å². The van der Waals surface area contributed by atoms with Crippen molar-refractivity contribution in [3.8, 4) is 0 Å². The van der Waals surface area contributed by atoms with Gasteiger partial charge in [0.2, 0.25) is 0 Å². The fourth-order valence-corrected chi connectivity index (χ4v) is 1.97. The molecule has 2 rings (SSSR count). The SMILES string of the molecule is [CH]N1CCC(c2ccc(F)cc2)CC1. The molecule has 2 radical (unpaired) electrons. The van der Waals surface area contributed by atoms with Crippen LogP contribution in [0.5, 0.6) is 0 Å². The maximum Gasteiger partial charge on any atom is 0.123 e. The number of hydrogen-bond donors (Lipinski definition) is 0. The molecule has 1 aromatic carbocycles. The summed E-state index contributed by atoms with van der Waals surface area (Å²) in [5.41, 5.74) is 1.24. The third-order valence-corrected chi connectivity index (χ3v) is 2.87. The van der Waals surface area contributed by atoms with E-state index in [9.17, 15) is 4.39 Å². The quantitative estimate of drug-likeness (QED) is 0.659. The highest BCUT2D eigenvalue weighted by Crippen LogP contribution is 2.27. The van der Waals surface area contributed by atoms with E-state index in [4.69, 9.17) is 7.05 Å². The maximum absolute atomic E-state index is 12.7. The summed E-state index contributed by atoms with van der Waals surface area (Å²) in [7, 11) is 5.67. The van der Waals surface area contributed by atoms with E-state index >= 15 is 0 Å². The smallest absolute Gasteiger partial charge is 0.123 e. The molecule has 1 fully saturated rings. The highest BCUT2D eigenvalue weighted by atomic mass is 19.1. The summed E-state index contributed by atoms with van der Waals surface area (Å²) in [5, 5.41) is 0. The van der Waals surface area contributed by atoms with Crippen molar-refractivity contribution in [2.45, 2.75) is 18.8 Å². The first-order chi connectivity index (χ1) is 6.75. The van der Waals surface area contributed by atoms with Gasteiger partial charge in [-0.1, -0.05) is 12.1 Å². The Balaban J connectivity index is 2.05. The van der Waals surface area contributed by atoms with Crippen LogP contribution in [0.3, 0.4) is 0 Å². The second-order valence-corrected chi connectivity index (χ2v) is 3.86. The van der Waals surface area contributed by atoms with Crippen LogP contribution in [0.4, 0.5) is 4.39 Å². The van der Waals surface area contributed by atoms with Gasteiger partial charge in [0, 0.05) is 7.05 Å². The van der Waals surface area contributed by atoms with E-state index in [1.807, 2.05) is 17.0 Å². The lowest BCUT2D eigenvalue weighted by molar-refractivity contribution is 0.280. The van der Waals surface area contributed by atoms with Crippen molar-refractivity contribution in [2.75, 3.05) is 13.1 Å². The monoisotopic (exact) mass is 191 g/mol. The van der Waals surface area contributed by atoms with Gasteiger partial charge in [-0.05, 0) is 49.5 Å². The fourth-order valence-electron chi connectivity index (χ4n) is 1.97. The number of rotatable bonds is 1. The first kappa shape index (κ1) is 9.66. The molecule has 0 N–H and O–H groups in total. The average Bonchev–Trinajstić information content (AvgIpc) is 2.21. The van der Waals surface area contributed by atoms with Crippen molar-refractivity contribution in [2.24, 2.45) is 0 Å². The third kappa shape index (κ3) is 2.13. The van der Waals surface area contributed by atoms with E-state index in [2.05, 4.69) is 0 Å². The van der Waals surface area contributed by atoms with Crippen LogP contribution >= 0.6 is 0 Å². The molecular weight excluding hydrogens is 177 g/mol. The zero-order valence-corrected chi connectivity index (χ0v) is 8.12. The minimum Gasteiger partial charge on any atom is -0.297 e. The topological polar surface area (TPSA) is 3.24 Å². The molecule has 1 nitrogen and oxygen atoms in total. The van der Waals surface area contributed by atoms with Crippen molar-refractivity contribution in [3.63, 3.8) is 0 Å². The molecule has 74 valence electrons. The molecule has 1 aliphatic rings. The molecule has 0 unspecified atom stereocenters. The maximum atomic E-state index is 12.7. The van der Waals surface area contributed by atoms with Gasteiger partial charge in [0.25, 0.3) is 0 Å². The highest BCUT2D eigenvalue weighted by Gasteiger charge is 2.18. The summed E-state index contributed by atoms with van der Waals surface area (Å²) in [6.07, 6.45) is 2.14. The zero-order chi connectivity index (χ0) is 9.97.